The topological polar surface area (TPSA) is 72.0 Å². The van der Waals surface area contributed by atoms with Crippen molar-refractivity contribution in [2.75, 3.05) is 20.6 Å². The predicted molar refractivity (Wildman–Crippen MR) is 86.6 cm³/mol. The smallest absolute Gasteiger partial charge is 0.0904 e. The van der Waals surface area contributed by atoms with Crippen molar-refractivity contribution in [1.29, 1.82) is 0 Å². The summed E-state index contributed by atoms with van der Waals surface area (Å²) in [7, 11) is 4.08. The van der Waals surface area contributed by atoms with Crippen molar-refractivity contribution >= 4 is 15.9 Å². The van der Waals surface area contributed by atoms with Gasteiger partial charge in [0.25, 0.3) is 0 Å². The lowest BCUT2D eigenvalue weighted by atomic mass is 10.1. The first-order valence-corrected chi connectivity index (χ1v) is 7.57. The number of aryl methyl sites for hydroxylation is 1. The Morgan fingerprint density at radius 2 is 2.14 bits per heavy atom. The molecule has 3 N–H and O–H groups in total. The van der Waals surface area contributed by atoms with Crippen molar-refractivity contribution in [3.8, 4) is 0 Å². The molecule has 21 heavy (non-hydrogen) atoms. The van der Waals surface area contributed by atoms with Crippen LogP contribution in [0.1, 0.15) is 23.0 Å². The number of nitrogens with zero attached hydrogens (tertiary/aromatic N) is 4. The van der Waals surface area contributed by atoms with Crippen LogP contribution in [0.3, 0.4) is 0 Å². The Morgan fingerprint density at radius 3 is 2.71 bits per heavy atom. The Morgan fingerprint density at radius 1 is 1.38 bits per heavy atom. The molecule has 0 aliphatic rings. The van der Waals surface area contributed by atoms with E-state index in [9.17, 15) is 0 Å². The quantitative estimate of drug-likeness (QED) is 0.608. The van der Waals surface area contributed by atoms with Crippen LogP contribution in [0.25, 0.3) is 0 Å². The van der Waals surface area contributed by atoms with E-state index in [4.69, 9.17) is 5.84 Å². The molecule has 1 atom stereocenters. The van der Waals surface area contributed by atoms with Crippen LogP contribution in [0, 0.1) is 6.92 Å². The molecule has 0 aromatic carbocycles. The lowest BCUT2D eigenvalue weighted by Crippen LogP contribution is -2.32. The van der Waals surface area contributed by atoms with Crippen LogP contribution in [-0.2, 0) is 6.54 Å². The maximum atomic E-state index is 5.78. The molecule has 0 radical (unpaired) electrons. The van der Waals surface area contributed by atoms with Gasteiger partial charge in [-0.05, 0) is 48.6 Å². The Balaban J connectivity index is 2.33. The molecule has 2 aromatic rings. The number of nitrogens with one attached hydrogen (secondary N) is 1. The predicted octanol–water partition coefficient (Wildman–Crippen LogP) is 1.46. The molecule has 7 heteroatoms. The van der Waals surface area contributed by atoms with Gasteiger partial charge >= 0.3 is 0 Å². The molecule has 0 bridgehead atoms. The van der Waals surface area contributed by atoms with Crippen molar-refractivity contribution in [3.05, 3.63) is 46.0 Å². The van der Waals surface area contributed by atoms with E-state index in [2.05, 4.69) is 36.3 Å². The number of hydrogen-bond acceptors (Lipinski definition) is 5. The highest BCUT2D eigenvalue weighted by Crippen LogP contribution is 2.27. The highest BCUT2D eigenvalue weighted by molar-refractivity contribution is 9.10. The molecule has 114 valence electrons. The number of nitrogens with two attached hydrogens (primary N) is 1. The van der Waals surface area contributed by atoms with Crippen LogP contribution in [-0.4, -0.2) is 40.3 Å². The number of likely N-dealkylation sites (N-methyl/N-ethyl adjacent to an activating group) is 1. The van der Waals surface area contributed by atoms with E-state index < -0.39 is 0 Å². The van der Waals surface area contributed by atoms with Crippen molar-refractivity contribution in [3.63, 3.8) is 0 Å². The molecule has 0 saturated heterocycles. The fourth-order valence-corrected chi connectivity index (χ4v) is 2.64. The van der Waals surface area contributed by atoms with Gasteiger partial charge in [-0.25, -0.2) is 5.43 Å². The van der Waals surface area contributed by atoms with E-state index in [1.54, 1.807) is 6.20 Å². The fourth-order valence-electron chi connectivity index (χ4n) is 2.11. The van der Waals surface area contributed by atoms with E-state index in [0.29, 0.717) is 0 Å². The van der Waals surface area contributed by atoms with Crippen molar-refractivity contribution in [2.45, 2.75) is 19.5 Å². The lowest BCUT2D eigenvalue weighted by molar-refractivity contribution is 0.365. The Kier molecular flexibility index (Phi) is 5.46. The van der Waals surface area contributed by atoms with E-state index >= 15 is 0 Å². The Labute approximate surface area is 133 Å². The van der Waals surface area contributed by atoms with Crippen molar-refractivity contribution < 1.29 is 0 Å². The highest BCUT2D eigenvalue weighted by Gasteiger charge is 2.21. The molecule has 6 nitrogen and oxygen atoms in total. The van der Waals surface area contributed by atoms with E-state index in [1.807, 2.05) is 44.0 Å². The second-order valence-corrected chi connectivity index (χ2v) is 6.09. The van der Waals surface area contributed by atoms with Gasteiger partial charge in [0.2, 0.25) is 0 Å². The number of aromatic nitrogens is 3. The van der Waals surface area contributed by atoms with Crippen LogP contribution in [0.5, 0.6) is 0 Å². The molecule has 2 heterocycles. The van der Waals surface area contributed by atoms with Crippen LogP contribution < -0.4 is 11.3 Å². The Bertz CT molecular complexity index is 578. The molecule has 0 saturated carbocycles. The molecule has 0 aliphatic heterocycles. The summed E-state index contributed by atoms with van der Waals surface area (Å²) >= 11 is 3.56. The van der Waals surface area contributed by atoms with Gasteiger partial charge in [0, 0.05) is 18.4 Å². The monoisotopic (exact) mass is 352 g/mol. The molecule has 0 aliphatic carbocycles. The minimum atomic E-state index is -0.155. The number of pyridine rings is 1. The lowest BCUT2D eigenvalue weighted by Gasteiger charge is -2.20. The minimum absolute atomic E-state index is 0.155. The third-order valence-corrected chi connectivity index (χ3v) is 3.91. The van der Waals surface area contributed by atoms with Gasteiger partial charge in [0.15, 0.2) is 0 Å². The zero-order chi connectivity index (χ0) is 15.4. The third kappa shape index (κ3) is 3.88. The van der Waals surface area contributed by atoms with Crippen LogP contribution in [0.4, 0.5) is 0 Å². The van der Waals surface area contributed by atoms with Gasteiger partial charge < -0.3 is 4.90 Å². The zero-order valence-corrected chi connectivity index (χ0v) is 14.1. The maximum absolute atomic E-state index is 5.78. The second-order valence-electron chi connectivity index (χ2n) is 5.24. The first-order valence-electron chi connectivity index (χ1n) is 6.77. The average molecular weight is 353 g/mol. The molecule has 0 spiro atoms. The summed E-state index contributed by atoms with van der Waals surface area (Å²) in [5, 5.41) is 4.43. The number of rotatable bonds is 6. The normalized spacial score (nSPS) is 12.9. The minimum Gasteiger partial charge on any atom is -0.308 e. The summed E-state index contributed by atoms with van der Waals surface area (Å²) in [5.74, 6) is 5.78. The number of halogens is 1. The van der Waals surface area contributed by atoms with E-state index in [1.165, 1.54) is 0 Å². The van der Waals surface area contributed by atoms with E-state index in [-0.39, 0.29) is 6.04 Å². The Hall–Kier alpha value is -1.28. The van der Waals surface area contributed by atoms with Crippen molar-refractivity contribution in [2.24, 2.45) is 5.84 Å². The summed E-state index contributed by atoms with van der Waals surface area (Å²) < 4.78 is 2.90. The van der Waals surface area contributed by atoms with Gasteiger partial charge in [-0.1, -0.05) is 6.07 Å². The SMILES string of the molecule is Cc1ccc(C(NN)c2c(Br)cnn2CCN(C)C)cn1. The molecule has 2 rings (SSSR count). The van der Waals surface area contributed by atoms with E-state index in [0.717, 1.165) is 34.5 Å². The maximum Gasteiger partial charge on any atom is 0.0904 e. The zero-order valence-electron chi connectivity index (χ0n) is 12.5. The van der Waals surface area contributed by atoms with Gasteiger partial charge in [-0.3, -0.25) is 15.5 Å². The average Bonchev–Trinajstić information content (AvgIpc) is 2.81. The highest BCUT2D eigenvalue weighted by atomic mass is 79.9. The molecular weight excluding hydrogens is 332 g/mol. The molecule has 1 unspecified atom stereocenters. The van der Waals surface area contributed by atoms with Crippen LogP contribution in [0.15, 0.2) is 29.0 Å². The van der Waals surface area contributed by atoms with Crippen LogP contribution >= 0.6 is 15.9 Å². The summed E-state index contributed by atoms with van der Waals surface area (Å²) in [4.78, 5) is 6.47. The molecular formula is C14H21BrN6. The summed E-state index contributed by atoms with van der Waals surface area (Å²) in [6.45, 7) is 3.67. The second kappa shape index (κ2) is 7.13. The summed E-state index contributed by atoms with van der Waals surface area (Å²) in [6.07, 6.45) is 3.65. The van der Waals surface area contributed by atoms with Gasteiger partial charge in [0.1, 0.15) is 0 Å². The van der Waals surface area contributed by atoms with Gasteiger partial charge in [0.05, 0.1) is 29.0 Å². The van der Waals surface area contributed by atoms with Gasteiger partial charge in [-0.15, -0.1) is 0 Å². The first kappa shape index (κ1) is 16.1. The molecule has 0 amide bonds. The van der Waals surface area contributed by atoms with Gasteiger partial charge in [-0.2, -0.15) is 5.10 Å². The van der Waals surface area contributed by atoms with Crippen LogP contribution in [0.2, 0.25) is 0 Å². The number of hydrogen-bond donors (Lipinski definition) is 2. The largest absolute Gasteiger partial charge is 0.308 e. The molecule has 2 aromatic heterocycles. The fraction of sp³-hybridized carbons (Fsp3) is 0.429. The third-order valence-electron chi connectivity index (χ3n) is 3.30. The summed E-state index contributed by atoms with van der Waals surface area (Å²) in [5.41, 5.74) is 5.86. The standard InChI is InChI=1S/C14H21BrN6/c1-10-4-5-11(8-17-10)13(19-16)14-12(15)9-18-21(14)7-6-20(2)3/h4-5,8-9,13,19H,6-7,16H2,1-3H3. The first-order chi connectivity index (χ1) is 10.0. The molecule has 0 fully saturated rings. The number of hydrazine groups is 1. The van der Waals surface area contributed by atoms with Crippen molar-refractivity contribution in [1.82, 2.24) is 25.1 Å². The summed E-state index contributed by atoms with van der Waals surface area (Å²) in [6, 6.07) is 3.86.